The van der Waals surface area contributed by atoms with Crippen LogP contribution in [0.3, 0.4) is 0 Å². The van der Waals surface area contributed by atoms with E-state index in [4.69, 9.17) is 77.3 Å². The third-order valence-corrected chi connectivity index (χ3v) is 28.8. The minimum absolute atomic E-state index is 0.0130. The van der Waals surface area contributed by atoms with Crippen molar-refractivity contribution in [1.82, 2.24) is 37.2 Å². The Balaban J connectivity index is 0.000000213. The summed E-state index contributed by atoms with van der Waals surface area (Å²) in [6.45, 7) is 66.0. The van der Waals surface area contributed by atoms with Gasteiger partial charge in [0.1, 0.15) is 31.0 Å². The molecule has 0 aliphatic carbocycles. The van der Waals surface area contributed by atoms with Gasteiger partial charge in [-0.1, -0.05) is 392 Å². The number of thiocarbonyl (C=S) groups is 4. The lowest BCUT2D eigenvalue weighted by atomic mass is 9.80. The van der Waals surface area contributed by atoms with E-state index in [9.17, 15) is 9.59 Å². The number of rotatable bonds is 25. The summed E-state index contributed by atoms with van der Waals surface area (Å²) in [6.07, 6.45) is 5.97. The van der Waals surface area contributed by atoms with E-state index in [0.29, 0.717) is 36.1 Å². The molecule has 8 N–H and O–H groups in total. The van der Waals surface area contributed by atoms with Crippen molar-refractivity contribution in [3.63, 3.8) is 0 Å². The number of ether oxygens (including phenoxy) is 6. The molecule has 0 saturated carbocycles. The molecule has 4 heterocycles. The fraction of sp³-hybridized carbons (Fsp3) is 0.512. The number of carbonyl (C=O) groups is 2. The van der Waals surface area contributed by atoms with E-state index >= 15 is 0 Å². The van der Waals surface area contributed by atoms with Crippen molar-refractivity contribution in [1.29, 1.82) is 0 Å². The summed E-state index contributed by atoms with van der Waals surface area (Å²) in [7, 11) is 0. The van der Waals surface area contributed by atoms with Crippen molar-refractivity contribution < 1.29 is 38.0 Å². The zero-order valence-corrected chi connectivity index (χ0v) is 96.1. The van der Waals surface area contributed by atoms with Gasteiger partial charge in [0.2, 0.25) is 0 Å². The molecule has 0 spiro atoms. The van der Waals surface area contributed by atoms with E-state index in [1.165, 1.54) is 89.0 Å². The van der Waals surface area contributed by atoms with Gasteiger partial charge in [0.15, 0.2) is 0 Å². The number of alkyl carbamates (subject to hydrolysis) is 1. The summed E-state index contributed by atoms with van der Waals surface area (Å²) in [5, 5.41) is 27.9. The van der Waals surface area contributed by atoms with Crippen LogP contribution in [-0.4, -0.2) is 146 Å². The van der Waals surface area contributed by atoms with Crippen LogP contribution in [0.15, 0.2) is 224 Å². The lowest BCUT2D eigenvalue weighted by molar-refractivity contribution is -0.141. The minimum Gasteiger partial charge on any atom is -0.466 e. The van der Waals surface area contributed by atoms with Crippen LogP contribution in [0.5, 0.6) is 0 Å². The molecule has 0 bridgehead atoms. The maximum absolute atomic E-state index is 11.6. The topological polar surface area (TPSA) is 186 Å². The van der Waals surface area contributed by atoms with Gasteiger partial charge in [-0.2, -0.15) is 11.8 Å². The van der Waals surface area contributed by atoms with Gasteiger partial charge < -0.3 is 65.6 Å². The number of hydrogen-bond donors (Lipinski definition) is 8. The largest absolute Gasteiger partial charge is 0.466 e. The summed E-state index contributed by atoms with van der Waals surface area (Å²) >= 11 is 23.3. The zero-order chi connectivity index (χ0) is 106. The minimum atomic E-state index is -0.587. The number of para-hydroxylation sites is 1. The Kier molecular flexibility index (Phi) is 44.1. The van der Waals surface area contributed by atoms with E-state index in [1.807, 2.05) is 55.9 Å². The maximum Gasteiger partial charge on any atom is 0.414 e. The number of thioether (sulfide) groups is 1. The fourth-order valence-electron chi connectivity index (χ4n) is 18.9. The third-order valence-electron chi connectivity index (χ3n) is 27.3. The van der Waals surface area contributed by atoms with Crippen LogP contribution in [0.1, 0.15) is 339 Å². The number of hydrogen-bond acceptors (Lipinski definition) is 17. The van der Waals surface area contributed by atoms with Crippen molar-refractivity contribution in [2.45, 2.75) is 342 Å². The van der Waals surface area contributed by atoms with E-state index in [0.717, 1.165) is 63.2 Å². The summed E-state index contributed by atoms with van der Waals surface area (Å²) < 4.78 is 33.9. The van der Waals surface area contributed by atoms with Gasteiger partial charge in [0, 0.05) is 112 Å². The van der Waals surface area contributed by atoms with Crippen molar-refractivity contribution >= 4 is 99.1 Å². The highest BCUT2D eigenvalue weighted by Gasteiger charge is 2.40. The molecule has 4 aliphatic heterocycles. The molecule has 8 atom stereocenters. The van der Waals surface area contributed by atoms with E-state index in [1.54, 1.807) is 13.8 Å². The van der Waals surface area contributed by atoms with Crippen LogP contribution < -0.4 is 42.5 Å². The molecular formula is C123H172N8O8S5. The van der Waals surface area contributed by atoms with Gasteiger partial charge in [-0.25, -0.2) is 4.79 Å². The van der Waals surface area contributed by atoms with Gasteiger partial charge >= 0.3 is 12.1 Å². The van der Waals surface area contributed by atoms with Gasteiger partial charge in [-0.15, -0.1) is 0 Å². The highest BCUT2D eigenvalue weighted by molar-refractivity contribution is 7.98. The summed E-state index contributed by atoms with van der Waals surface area (Å²) in [6, 6.07) is 83.7. The first-order valence-corrected chi connectivity index (χ1v) is 55.3. The maximum atomic E-state index is 11.6. The summed E-state index contributed by atoms with van der Waals surface area (Å²) in [5.41, 5.74) is 23.1. The molecule has 4 aliphatic rings. The van der Waals surface area contributed by atoms with Crippen molar-refractivity contribution in [2.24, 2.45) is 0 Å². The van der Waals surface area contributed by atoms with Crippen LogP contribution in [0.25, 0.3) is 0 Å². The molecule has 144 heavy (non-hydrogen) atoms. The molecule has 0 aromatic heterocycles. The van der Waals surface area contributed by atoms with Crippen molar-refractivity contribution in [3.05, 3.63) is 313 Å². The predicted octanol–water partition coefficient (Wildman–Crippen LogP) is 27.2. The Hall–Kier alpha value is -9.13. The molecule has 4 saturated heterocycles. The van der Waals surface area contributed by atoms with Crippen LogP contribution >= 0.6 is 60.6 Å². The Morgan fingerprint density at radius 3 is 0.785 bits per heavy atom. The Labute approximate surface area is 892 Å². The standard InChI is InChI=1S/C32H40N2OS.C30H42N2O3S.C30H44N2OS2.C29H40N2O3S.C2H6/c1-31(2,3)24-16-12-22(13-17-24)29(23-14-18-25(19-15-23)32(4,5)6)28-20-27(21-33-28)35-30(36)34-26-10-8-7-9-11-26;1-8-34-26(33)19-32-28(36)35-24-17-25(31-18-24)27(20-9-13-22(14-10-20)29(2,3)4)21-11-15-23(16-12-21)30(5,6)7;1-29(2,3)23-13-9-21(10-14-23)27(22-11-15-24(16-12-22)30(4,5)6)26-19-25(20-32-26)33-28(34)31-17-8-18-35-7;1-8-33-26(32)31-27(35)34-23-17-24(30-18-23)25(19-9-13-21(14-10-19)28(2,3)4)20-11-15-22(16-12-20)29(5,6)7;1-2/h7-19,27-29,33H,20-21H2,1-6H3,(H,34,36);9-16,24-25,27,31H,8,17-19H2,1-7H3,(H,32,36);9-16,25-27,32H,8,17-20H2,1-7H3,(H,31,34);9-16,23-25,30H,8,17-18H2,1-7H3,(H,31,32,35);1-2H3/t27-,28-;24-,25-;25-,26-;23-,24-;/m1111./s1. The molecule has 4 fully saturated rings. The van der Waals surface area contributed by atoms with Gasteiger partial charge in [0.05, 0.1) is 13.2 Å². The van der Waals surface area contributed by atoms with Gasteiger partial charge in [-0.3, -0.25) is 10.1 Å². The van der Waals surface area contributed by atoms with Gasteiger partial charge in [-0.05, 0) is 226 Å². The lowest BCUT2D eigenvalue weighted by Crippen LogP contribution is -2.34. The molecule has 16 nitrogen and oxygen atoms in total. The Bertz CT molecular complexity index is 5250. The van der Waals surface area contributed by atoms with E-state index in [-0.39, 0.29) is 139 Å². The number of amides is 1. The first kappa shape index (κ1) is 118. The molecule has 782 valence electrons. The highest BCUT2D eigenvalue weighted by Crippen LogP contribution is 2.43. The second-order valence-electron chi connectivity index (χ2n) is 46.8. The van der Waals surface area contributed by atoms with Crippen molar-refractivity contribution in [3.8, 4) is 0 Å². The number of esters is 1. The normalized spacial score (nSPS) is 18.2. The first-order chi connectivity index (χ1) is 67.7. The second kappa shape index (κ2) is 53.7. The van der Waals surface area contributed by atoms with Crippen LogP contribution in [0.4, 0.5) is 10.5 Å². The molecule has 0 unspecified atom stereocenters. The van der Waals surface area contributed by atoms with E-state index in [2.05, 4.69) is 409 Å². The van der Waals surface area contributed by atoms with Gasteiger partial charge in [0.25, 0.3) is 20.7 Å². The number of carbonyl (C=O) groups excluding carboxylic acids is 2. The average Bonchev–Trinajstić information content (AvgIpc) is 1.53. The smallest absolute Gasteiger partial charge is 0.414 e. The monoisotopic (exact) mass is 2050 g/mol. The zero-order valence-electron chi connectivity index (χ0n) is 92.0. The molecule has 9 aromatic rings. The average molecular weight is 2050 g/mol. The van der Waals surface area contributed by atoms with E-state index < -0.39 is 6.09 Å². The second-order valence-corrected chi connectivity index (χ2v) is 49.2. The molecular weight excluding hydrogens is 1880 g/mol. The lowest BCUT2D eigenvalue weighted by Gasteiger charge is -2.27. The summed E-state index contributed by atoms with van der Waals surface area (Å²) in [4.78, 5) is 23.2. The Morgan fingerprint density at radius 2 is 0.556 bits per heavy atom. The van der Waals surface area contributed by atoms with Crippen LogP contribution in [-0.2, 0) is 76.5 Å². The quantitative estimate of drug-likeness (QED) is 0.0153. The number of nitrogens with one attached hydrogen (secondary N) is 8. The molecule has 21 heteroatoms. The molecule has 0 radical (unpaired) electrons. The van der Waals surface area contributed by atoms with Crippen LogP contribution in [0.2, 0.25) is 0 Å². The number of anilines is 1. The fourth-order valence-corrected chi connectivity index (χ4v) is 20.2. The summed E-state index contributed by atoms with van der Waals surface area (Å²) in [5.74, 6) is 1.63. The molecule has 13 rings (SSSR count). The van der Waals surface area contributed by atoms with Crippen molar-refractivity contribution in [2.75, 3.05) is 69.8 Å². The third kappa shape index (κ3) is 36.4. The predicted molar refractivity (Wildman–Crippen MR) is 621 cm³/mol. The molecule has 1 amide bonds. The molecule has 9 aromatic carbocycles. The Morgan fingerprint density at radius 1 is 0.326 bits per heavy atom. The first-order valence-electron chi connectivity index (χ1n) is 52.2. The SMILES string of the molecule is CC.CC(C)(C)c1ccc(C(c2ccc(C(C)(C)C)cc2)[C@H]2C[C@@H](OC(=S)Nc3ccccc3)CN2)cc1.CCOC(=O)CNC(=S)O[C@H]1CN[C@@H](C(c2ccc(C(C)(C)C)cc2)c2ccc(C(C)(C)C)cc2)C1.CCOC(=O)NC(=S)O[C@H]1CN[C@@H](C(c2ccc(C(C)(C)C)cc2)c2ccc(C(C)(C)C)cc2)C1.CSCCCNC(=S)O[C@H]1CN[C@@H](C(c2ccc(C(C)(C)C)cc2)c2ccc(C(C)(C)C)cc2)C1. The number of benzene rings is 9. The highest BCUT2D eigenvalue weighted by atomic mass is 32.2. The van der Waals surface area contributed by atoms with Crippen LogP contribution in [0, 0.1) is 0 Å².